The molecular weight excluding hydrogens is 318 g/mol. The molecule has 1 atom stereocenters. The molecule has 7 nitrogen and oxygen atoms in total. The Morgan fingerprint density at radius 2 is 2.09 bits per heavy atom. The van der Waals surface area contributed by atoms with Crippen LogP contribution in [0.25, 0.3) is 10.9 Å². The fourth-order valence-corrected chi connectivity index (χ4v) is 2.76. The average molecular weight is 339 g/mol. The molecule has 0 fully saturated rings. The minimum atomic E-state index is -1.13. The van der Waals surface area contributed by atoms with Crippen LogP contribution >= 0.6 is 11.8 Å². The monoisotopic (exact) mass is 339 g/mol. The number of nitrogens with two attached hydrogens (primary N) is 1. The molecular formula is C15H21N3O4S. The summed E-state index contributed by atoms with van der Waals surface area (Å²) in [5.74, 6) is -1.13. The number of hydrogen-bond acceptors (Lipinski definition) is 5. The first kappa shape index (κ1) is 19.0. The van der Waals surface area contributed by atoms with Crippen LogP contribution in [0.2, 0.25) is 0 Å². The molecule has 1 aromatic carbocycles. The van der Waals surface area contributed by atoms with Crippen LogP contribution in [0, 0.1) is 10.1 Å². The fourth-order valence-electron chi connectivity index (χ4n) is 2.30. The Morgan fingerprint density at radius 1 is 1.48 bits per heavy atom. The van der Waals surface area contributed by atoms with E-state index in [0.717, 1.165) is 4.90 Å². The standard InChI is InChI=1S/C13H15N3O4S.C2H6/c1-15-6-7(3-9(14)13(17)18)12-10(15)4-8(21-2)5-11(12)16(19)20;1-2/h4-6,9H,3,14H2,1-2H3,(H,17,18);1-2H3. The van der Waals surface area contributed by atoms with Gasteiger partial charge in [0.15, 0.2) is 0 Å². The lowest BCUT2D eigenvalue weighted by Crippen LogP contribution is -2.32. The molecule has 0 saturated carbocycles. The maximum atomic E-state index is 11.3. The topological polar surface area (TPSA) is 111 Å². The van der Waals surface area contributed by atoms with Gasteiger partial charge in [-0.3, -0.25) is 14.9 Å². The molecule has 2 aromatic rings. The number of fused-ring (bicyclic) bond motifs is 1. The number of thioether (sulfide) groups is 1. The summed E-state index contributed by atoms with van der Waals surface area (Å²) in [5.41, 5.74) is 6.79. The van der Waals surface area contributed by atoms with Crippen LogP contribution in [0.4, 0.5) is 5.69 Å². The van der Waals surface area contributed by atoms with Gasteiger partial charge in [0.1, 0.15) is 6.04 Å². The van der Waals surface area contributed by atoms with E-state index in [1.54, 1.807) is 17.8 Å². The molecule has 1 heterocycles. The van der Waals surface area contributed by atoms with E-state index in [-0.39, 0.29) is 12.1 Å². The zero-order valence-corrected chi connectivity index (χ0v) is 14.4. The third-order valence-corrected chi connectivity index (χ3v) is 4.02. The average Bonchev–Trinajstić information content (AvgIpc) is 2.84. The van der Waals surface area contributed by atoms with E-state index in [1.165, 1.54) is 17.8 Å². The molecule has 126 valence electrons. The smallest absolute Gasteiger partial charge is 0.320 e. The first-order valence-electron chi connectivity index (χ1n) is 7.14. The molecule has 3 N–H and O–H groups in total. The van der Waals surface area contributed by atoms with Gasteiger partial charge in [-0.1, -0.05) is 13.8 Å². The van der Waals surface area contributed by atoms with Crippen LogP contribution in [0.15, 0.2) is 23.2 Å². The minimum absolute atomic E-state index is 0.0231. The van der Waals surface area contributed by atoms with Gasteiger partial charge in [0.25, 0.3) is 5.69 Å². The normalized spacial score (nSPS) is 11.7. The van der Waals surface area contributed by atoms with Gasteiger partial charge in [-0.05, 0) is 17.9 Å². The largest absolute Gasteiger partial charge is 0.480 e. The van der Waals surface area contributed by atoms with E-state index in [0.29, 0.717) is 16.5 Å². The number of non-ortho nitro benzene ring substituents is 1. The molecule has 0 amide bonds. The Labute approximate surface area is 138 Å². The third kappa shape index (κ3) is 4.02. The molecule has 0 aliphatic heterocycles. The highest BCUT2D eigenvalue weighted by Gasteiger charge is 2.23. The number of nitro groups is 1. The van der Waals surface area contributed by atoms with Gasteiger partial charge in [-0.15, -0.1) is 11.8 Å². The number of aryl methyl sites for hydroxylation is 1. The van der Waals surface area contributed by atoms with Crippen molar-refractivity contribution in [3.8, 4) is 0 Å². The highest BCUT2D eigenvalue weighted by molar-refractivity contribution is 7.98. The van der Waals surface area contributed by atoms with Gasteiger partial charge in [-0.2, -0.15) is 0 Å². The second-order valence-corrected chi connectivity index (χ2v) is 5.59. The summed E-state index contributed by atoms with van der Waals surface area (Å²) in [5, 5.41) is 20.7. The molecule has 1 unspecified atom stereocenters. The van der Waals surface area contributed by atoms with E-state index in [2.05, 4.69) is 0 Å². The van der Waals surface area contributed by atoms with Crippen molar-refractivity contribution in [3.63, 3.8) is 0 Å². The van der Waals surface area contributed by atoms with E-state index < -0.39 is 16.9 Å². The van der Waals surface area contributed by atoms with Crippen LogP contribution < -0.4 is 5.73 Å². The van der Waals surface area contributed by atoms with Crippen LogP contribution in [0.5, 0.6) is 0 Å². The maximum Gasteiger partial charge on any atom is 0.320 e. The third-order valence-electron chi connectivity index (χ3n) is 3.31. The molecule has 0 radical (unpaired) electrons. The van der Waals surface area contributed by atoms with Crippen molar-refractivity contribution in [2.75, 3.05) is 6.26 Å². The van der Waals surface area contributed by atoms with Crippen LogP contribution in [0.3, 0.4) is 0 Å². The maximum absolute atomic E-state index is 11.3. The fraction of sp³-hybridized carbons (Fsp3) is 0.400. The summed E-state index contributed by atoms with van der Waals surface area (Å²) in [6.45, 7) is 4.00. The van der Waals surface area contributed by atoms with Crippen molar-refractivity contribution in [1.82, 2.24) is 4.57 Å². The van der Waals surface area contributed by atoms with Crippen LogP contribution in [-0.4, -0.2) is 32.9 Å². The molecule has 0 spiro atoms. The van der Waals surface area contributed by atoms with Gasteiger partial charge < -0.3 is 15.4 Å². The van der Waals surface area contributed by atoms with Crippen LogP contribution in [-0.2, 0) is 18.3 Å². The number of nitrogens with zero attached hydrogens (tertiary/aromatic N) is 2. The first-order valence-corrected chi connectivity index (χ1v) is 8.36. The number of aliphatic carboxylic acids is 1. The quantitative estimate of drug-likeness (QED) is 0.492. The Morgan fingerprint density at radius 3 is 2.57 bits per heavy atom. The van der Waals surface area contributed by atoms with Crippen molar-refractivity contribution >= 4 is 34.3 Å². The van der Waals surface area contributed by atoms with E-state index in [9.17, 15) is 14.9 Å². The van der Waals surface area contributed by atoms with Crippen molar-refractivity contribution in [2.24, 2.45) is 12.8 Å². The summed E-state index contributed by atoms with van der Waals surface area (Å²) in [6, 6.07) is 2.27. The summed E-state index contributed by atoms with van der Waals surface area (Å²) in [7, 11) is 1.77. The van der Waals surface area contributed by atoms with Crippen molar-refractivity contribution < 1.29 is 14.8 Å². The number of aromatic nitrogens is 1. The number of rotatable bonds is 5. The van der Waals surface area contributed by atoms with Gasteiger partial charge in [0.2, 0.25) is 0 Å². The lowest BCUT2D eigenvalue weighted by molar-refractivity contribution is -0.383. The number of carboxylic acids is 1. The molecule has 23 heavy (non-hydrogen) atoms. The minimum Gasteiger partial charge on any atom is -0.480 e. The van der Waals surface area contributed by atoms with Crippen LogP contribution in [0.1, 0.15) is 19.4 Å². The molecule has 0 saturated heterocycles. The highest BCUT2D eigenvalue weighted by Crippen LogP contribution is 2.34. The SMILES string of the molecule is CC.CSc1cc([N+](=O)[O-])c2c(CC(N)C(=O)O)cn(C)c2c1. The van der Waals surface area contributed by atoms with E-state index in [1.807, 2.05) is 26.2 Å². The zero-order valence-electron chi connectivity index (χ0n) is 13.6. The lowest BCUT2D eigenvalue weighted by Gasteiger charge is -2.06. The predicted molar refractivity (Wildman–Crippen MR) is 92.0 cm³/mol. The number of nitro benzene ring substituents is 1. The van der Waals surface area contributed by atoms with Gasteiger partial charge >= 0.3 is 5.97 Å². The molecule has 8 heteroatoms. The van der Waals surface area contributed by atoms with Crippen molar-refractivity contribution in [2.45, 2.75) is 31.2 Å². The summed E-state index contributed by atoms with van der Waals surface area (Å²) < 4.78 is 1.76. The summed E-state index contributed by atoms with van der Waals surface area (Å²) in [6.07, 6.45) is 3.59. The van der Waals surface area contributed by atoms with Crippen molar-refractivity contribution in [3.05, 3.63) is 34.0 Å². The molecule has 2 rings (SSSR count). The number of carboxylic acid groups (broad SMARTS) is 1. The van der Waals surface area contributed by atoms with Gasteiger partial charge in [0.05, 0.1) is 15.8 Å². The zero-order chi connectivity index (χ0) is 17.7. The van der Waals surface area contributed by atoms with Gasteiger partial charge in [-0.25, -0.2) is 0 Å². The second kappa shape index (κ2) is 7.98. The van der Waals surface area contributed by atoms with E-state index in [4.69, 9.17) is 10.8 Å². The predicted octanol–water partition coefficient (Wildman–Crippen LogP) is 2.79. The Balaban J connectivity index is 0.00000127. The Kier molecular flexibility index (Phi) is 6.59. The number of carbonyl (C=O) groups is 1. The molecule has 1 aromatic heterocycles. The Bertz CT molecular complexity index is 727. The van der Waals surface area contributed by atoms with Gasteiger partial charge in [0, 0.05) is 30.6 Å². The second-order valence-electron chi connectivity index (χ2n) is 4.71. The van der Waals surface area contributed by atoms with Crippen molar-refractivity contribution in [1.29, 1.82) is 0 Å². The summed E-state index contributed by atoms with van der Waals surface area (Å²) >= 11 is 1.42. The number of hydrogen-bond donors (Lipinski definition) is 2. The number of benzene rings is 1. The molecule has 0 aliphatic rings. The Hall–Kier alpha value is -2.06. The molecule has 0 bridgehead atoms. The molecule has 0 aliphatic carbocycles. The van der Waals surface area contributed by atoms with E-state index >= 15 is 0 Å². The summed E-state index contributed by atoms with van der Waals surface area (Å²) in [4.78, 5) is 22.5. The first-order chi connectivity index (χ1) is 10.8. The lowest BCUT2D eigenvalue weighted by atomic mass is 10.0. The highest BCUT2D eigenvalue weighted by atomic mass is 32.2.